The van der Waals surface area contributed by atoms with Gasteiger partial charge in [0.05, 0.1) is 5.69 Å². The summed E-state index contributed by atoms with van der Waals surface area (Å²) in [5.74, 6) is 2.07. The molecule has 1 N–H and O–H groups in total. The number of rotatable bonds is 9. The maximum atomic E-state index is 4.71. The molecule has 3 heteroatoms. The molecule has 0 fully saturated rings. The lowest BCUT2D eigenvalue weighted by Gasteiger charge is -2.20. The van der Waals surface area contributed by atoms with Crippen LogP contribution >= 0.6 is 0 Å². The molecule has 0 saturated carbocycles. The van der Waals surface area contributed by atoms with E-state index in [4.69, 9.17) is 5.10 Å². The third kappa shape index (κ3) is 5.66. The largest absolute Gasteiger partial charge is 0.316 e. The van der Waals surface area contributed by atoms with Gasteiger partial charge >= 0.3 is 0 Å². The highest BCUT2D eigenvalue weighted by molar-refractivity contribution is 5.01. The average Bonchev–Trinajstić information content (AvgIpc) is 2.85. The van der Waals surface area contributed by atoms with Gasteiger partial charge in [-0.25, -0.2) is 0 Å². The lowest BCUT2D eigenvalue weighted by Crippen LogP contribution is -2.29. The van der Waals surface area contributed by atoms with Crippen LogP contribution in [0.1, 0.15) is 59.7 Å². The minimum atomic E-state index is 0.504. The Morgan fingerprint density at radius 3 is 2.40 bits per heavy atom. The molecule has 0 aliphatic heterocycles. The van der Waals surface area contributed by atoms with E-state index in [1.165, 1.54) is 5.69 Å². The molecule has 1 heterocycles. The van der Waals surface area contributed by atoms with Crippen molar-refractivity contribution in [2.45, 2.75) is 60.4 Å². The van der Waals surface area contributed by atoms with Crippen molar-refractivity contribution in [1.29, 1.82) is 0 Å². The molecule has 3 unspecified atom stereocenters. The van der Waals surface area contributed by atoms with E-state index < -0.39 is 0 Å². The predicted octanol–water partition coefficient (Wildman–Crippen LogP) is 3.91. The molecular formula is C17H33N3. The molecule has 0 amide bonds. The van der Waals surface area contributed by atoms with Gasteiger partial charge in [-0.3, -0.25) is 4.68 Å². The number of nitrogens with zero attached hydrogens (tertiary/aromatic N) is 2. The van der Waals surface area contributed by atoms with E-state index in [9.17, 15) is 0 Å². The van der Waals surface area contributed by atoms with Gasteiger partial charge in [-0.15, -0.1) is 0 Å². The Morgan fingerprint density at radius 2 is 1.80 bits per heavy atom. The first kappa shape index (κ1) is 17.2. The van der Waals surface area contributed by atoms with Gasteiger partial charge in [0, 0.05) is 12.2 Å². The monoisotopic (exact) mass is 279 g/mol. The molecule has 3 nitrogen and oxygen atoms in total. The number of aromatic nitrogens is 2. The Hall–Kier alpha value is -0.830. The van der Waals surface area contributed by atoms with Crippen LogP contribution in [0.4, 0.5) is 0 Å². The zero-order chi connectivity index (χ0) is 15.1. The van der Waals surface area contributed by atoms with E-state index in [2.05, 4.69) is 63.8 Å². The van der Waals surface area contributed by atoms with Gasteiger partial charge in [-0.1, -0.05) is 34.6 Å². The van der Waals surface area contributed by atoms with Gasteiger partial charge in [0.1, 0.15) is 0 Å². The van der Waals surface area contributed by atoms with Crippen LogP contribution < -0.4 is 5.32 Å². The second-order valence-electron chi connectivity index (χ2n) is 6.76. The topological polar surface area (TPSA) is 29.9 Å². The van der Waals surface area contributed by atoms with E-state index in [1.54, 1.807) is 0 Å². The smallest absolute Gasteiger partial charge is 0.0627 e. The Bertz CT molecular complexity index is 370. The number of hydrogen-bond acceptors (Lipinski definition) is 2. The van der Waals surface area contributed by atoms with Gasteiger partial charge in [-0.2, -0.15) is 5.10 Å². The fourth-order valence-corrected chi connectivity index (χ4v) is 2.25. The first-order valence-corrected chi connectivity index (χ1v) is 8.18. The molecule has 1 aromatic rings. The lowest BCUT2D eigenvalue weighted by molar-refractivity contribution is 0.353. The van der Waals surface area contributed by atoms with E-state index in [0.717, 1.165) is 31.8 Å². The van der Waals surface area contributed by atoms with Crippen molar-refractivity contribution >= 4 is 0 Å². The minimum Gasteiger partial charge on any atom is -0.316 e. The summed E-state index contributed by atoms with van der Waals surface area (Å²) in [7, 11) is 0. The second-order valence-corrected chi connectivity index (χ2v) is 6.76. The Morgan fingerprint density at radius 1 is 1.10 bits per heavy atom. The zero-order valence-corrected chi connectivity index (χ0v) is 14.2. The summed E-state index contributed by atoms with van der Waals surface area (Å²) < 4.78 is 2.10. The van der Waals surface area contributed by atoms with Gasteiger partial charge in [-0.05, 0) is 56.7 Å². The summed E-state index contributed by atoms with van der Waals surface area (Å²) >= 11 is 0. The van der Waals surface area contributed by atoms with E-state index >= 15 is 0 Å². The van der Waals surface area contributed by atoms with E-state index in [-0.39, 0.29) is 0 Å². The highest BCUT2D eigenvalue weighted by Gasteiger charge is 2.14. The lowest BCUT2D eigenvalue weighted by atomic mass is 9.91. The molecule has 0 aromatic carbocycles. The number of nitrogens with one attached hydrogen (secondary N) is 1. The predicted molar refractivity (Wildman–Crippen MR) is 87.0 cm³/mol. The van der Waals surface area contributed by atoms with Gasteiger partial charge < -0.3 is 5.32 Å². The Kier molecular flexibility index (Phi) is 7.28. The van der Waals surface area contributed by atoms with Crippen LogP contribution in [-0.2, 0) is 6.42 Å². The van der Waals surface area contributed by atoms with Crippen molar-refractivity contribution in [3.63, 3.8) is 0 Å². The quantitative estimate of drug-likeness (QED) is 0.742. The Balaban J connectivity index is 2.40. The summed E-state index contributed by atoms with van der Waals surface area (Å²) in [5, 5.41) is 8.27. The first-order chi connectivity index (χ1) is 9.43. The van der Waals surface area contributed by atoms with Crippen LogP contribution in [0.2, 0.25) is 0 Å². The van der Waals surface area contributed by atoms with Gasteiger partial charge in [0.25, 0.3) is 0 Å². The van der Waals surface area contributed by atoms with E-state index in [1.807, 2.05) is 0 Å². The van der Waals surface area contributed by atoms with Crippen molar-refractivity contribution < 1.29 is 0 Å². The fraction of sp³-hybridized carbons (Fsp3) is 0.824. The third-order valence-corrected chi connectivity index (χ3v) is 4.23. The molecular weight excluding hydrogens is 246 g/mol. The maximum absolute atomic E-state index is 4.71. The van der Waals surface area contributed by atoms with Crippen LogP contribution in [-0.4, -0.2) is 22.9 Å². The SMILES string of the molecule is CCC(C)n1ccc(CC(C)C(C)CNCC(C)C)n1. The van der Waals surface area contributed by atoms with Crippen molar-refractivity contribution in [1.82, 2.24) is 15.1 Å². The van der Waals surface area contributed by atoms with Crippen LogP contribution in [0.3, 0.4) is 0 Å². The molecule has 3 atom stereocenters. The van der Waals surface area contributed by atoms with Crippen molar-refractivity contribution in [2.75, 3.05) is 13.1 Å². The normalized spacial score (nSPS) is 16.4. The summed E-state index contributed by atoms with van der Waals surface area (Å²) in [4.78, 5) is 0. The fourth-order valence-electron chi connectivity index (χ4n) is 2.25. The highest BCUT2D eigenvalue weighted by atomic mass is 15.3. The summed E-state index contributed by atoms with van der Waals surface area (Å²) in [6.07, 6.45) is 4.33. The minimum absolute atomic E-state index is 0.504. The van der Waals surface area contributed by atoms with Gasteiger partial charge in [0.2, 0.25) is 0 Å². The second kappa shape index (κ2) is 8.46. The van der Waals surface area contributed by atoms with E-state index in [0.29, 0.717) is 17.9 Å². The van der Waals surface area contributed by atoms with Crippen LogP contribution in [0.25, 0.3) is 0 Å². The average molecular weight is 279 g/mol. The standard InChI is InChI=1S/C17H33N3/c1-7-16(6)20-9-8-17(19-20)10-14(4)15(5)12-18-11-13(2)3/h8-9,13-16,18H,7,10-12H2,1-6H3. The maximum Gasteiger partial charge on any atom is 0.0627 e. The molecule has 1 aromatic heterocycles. The summed E-state index contributed by atoms with van der Waals surface area (Å²) in [6, 6.07) is 2.68. The molecule has 0 spiro atoms. The number of hydrogen-bond donors (Lipinski definition) is 1. The van der Waals surface area contributed by atoms with Crippen molar-refractivity contribution in [3.05, 3.63) is 18.0 Å². The molecule has 116 valence electrons. The van der Waals surface area contributed by atoms with Gasteiger partial charge in [0.15, 0.2) is 0 Å². The Labute approximate surface area is 125 Å². The molecule has 0 saturated heterocycles. The summed E-state index contributed by atoms with van der Waals surface area (Å²) in [6.45, 7) is 15.8. The third-order valence-electron chi connectivity index (χ3n) is 4.23. The first-order valence-electron chi connectivity index (χ1n) is 8.18. The molecule has 1 rings (SSSR count). The van der Waals surface area contributed by atoms with Crippen LogP contribution in [0.15, 0.2) is 12.3 Å². The molecule has 0 aliphatic rings. The van der Waals surface area contributed by atoms with Crippen molar-refractivity contribution in [2.24, 2.45) is 17.8 Å². The van der Waals surface area contributed by atoms with Crippen LogP contribution in [0, 0.1) is 17.8 Å². The molecule has 0 radical (unpaired) electrons. The zero-order valence-electron chi connectivity index (χ0n) is 14.2. The highest BCUT2D eigenvalue weighted by Crippen LogP contribution is 2.17. The van der Waals surface area contributed by atoms with Crippen molar-refractivity contribution in [3.8, 4) is 0 Å². The molecule has 0 bridgehead atoms. The summed E-state index contributed by atoms with van der Waals surface area (Å²) in [5.41, 5.74) is 1.23. The molecule has 20 heavy (non-hydrogen) atoms. The molecule has 0 aliphatic carbocycles. The van der Waals surface area contributed by atoms with Crippen LogP contribution in [0.5, 0.6) is 0 Å².